The maximum atomic E-state index is 4.90. The van der Waals surface area contributed by atoms with Gasteiger partial charge in [0.1, 0.15) is 5.69 Å². The van der Waals surface area contributed by atoms with E-state index in [0.29, 0.717) is 0 Å². The summed E-state index contributed by atoms with van der Waals surface area (Å²) in [7, 11) is 0. The second-order valence-corrected chi connectivity index (χ2v) is 5.88. The van der Waals surface area contributed by atoms with Crippen molar-refractivity contribution in [2.75, 3.05) is 0 Å². The van der Waals surface area contributed by atoms with Crippen LogP contribution in [0.15, 0.2) is 78.9 Å². The number of fused-ring (bicyclic) bond motifs is 1. The molecule has 0 saturated heterocycles. The molecule has 112 valence electrons. The van der Waals surface area contributed by atoms with Crippen LogP contribution >= 0.6 is 0 Å². The van der Waals surface area contributed by atoms with Gasteiger partial charge < -0.3 is 0 Å². The van der Waals surface area contributed by atoms with Gasteiger partial charge in [0, 0.05) is 10.9 Å². The molecule has 0 aliphatic carbocycles. The fourth-order valence-electron chi connectivity index (χ4n) is 2.93. The SMILES string of the molecule is Cc1ccc(-c2nn(Cc3ccccc3)c3ccccc23)cc1. The van der Waals surface area contributed by atoms with Crippen LogP contribution in [0.4, 0.5) is 0 Å². The highest BCUT2D eigenvalue weighted by Crippen LogP contribution is 2.28. The third-order valence-corrected chi connectivity index (χ3v) is 4.16. The van der Waals surface area contributed by atoms with E-state index in [0.717, 1.165) is 12.2 Å². The summed E-state index contributed by atoms with van der Waals surface area (Å²) in [5.74, 6) is 0. The number of aromatic nitrogens is 2. The van der Waals surface area contributed by atoms with Gasteiger partial charge in [0.25, 0.3) is 0 Å². The molecule has 1 heterocycles. The zero-order chi connectivity index (χ0) is 15.6. The van der Waals surface area contributed by atoms with Crippen molar-refractivity contribution < 1.29 is 0 Å². The molecule has 0 aliphatic rings. The van der Waals surface area contributed by atoms with Gasteiger partial charge in [0.2, 0.25) is 0 Å². The Morgan fingerprint density at radius 3 is 2.26 bits per heavy atom. The zero-order valence-corrected chi connectivity index (χ0v) is 13.1. The second-order valence-electron chi connectivity index (χ2n) is 5.88. The van der Waals surface area contributed by atoms with Crippen LogP contribution in [0, 0.1) is 6.92 Å². The zero-order valence-electron chi connectivity index (χ0n) is 13.1. The topological polar surface area (TPSA) is 17.8 Å². The van der Waals surface area contributed by atoms with E-state index < -0.39 is 0 Å². The molecule has 1 aromatic heterocycles. The molecule has 0 bridgehead atoms. The first-order chi connectivity index (χ1) is 11.3. The van der Waals surface area contributed by atoms with Crippen LogP contribution in [0.2, 0.25) is 0 Å². The van der Waals surface area contributed by atoms with Gasteiger partial charge >= 0.3 is 0 Å². The van der Waals surface area contributed by atoms with Crippen molar-refractivity contribution in [1.29, 1.82) is 0 Å². The summed E-state index contributed by atoms with van der Waals surface area (Å²) in [6.45, 7) is 2.89. The van der Waals surface area contributed by atoms with Crippen molar-refractivity contribution in [3.63, 3.8) is 0 Å². The average molecular weight is 298 g/mol. The fourth-order valence-corrected chi connectivity index (χ4v) is 2.93. The van der Waals surface area contributed by atoms with Gasteiger partial charge in [-0.15, -0.1) is 0 Å². The van der Waals surface area contributed by atoms with E-state index in [-0.39, 0.29) is 0 Å². The second kappa shape index (κ2) is 5.73. The van der Waals surface area contributed by atoms with Crippen LogP contribution in [-0.2, 0) is 6.54 Å². The van der Waals surface area contributed by atoms with E-state index in [1.165, 1.54) is 27.6 Å². The molecule has 0 atom stereocenters. The number of hydrogen-bond acceptors (Lipinski definition) is 1. The monoisotopic (exact) mass is 298 g/mol. The normalized spacial score (nSPS) is 11.0. The molecule has 0 spiro atoms. The minimum atomic E-state index is 0.785. The molecule has 0 saturated carbocycles. The third-order valence-electron chi connectivity index (χ3n) is 4.16. The van der Waals surface area contributed by atoms with Crippen molar-refractivity contribution in [2.24, 2.45) is 0 Å². The van der Waals surface area contributed by atoms with Gasteiger partial charge in [0.15, 0.2) is 0 Å². The molecule has 3 aromatic carbocycles. The molecule has 2 nitrogen and oxygen atoms in total. The first kappa shape index (κ1) is 13.8. The molecule has 0 N–H and O–H groups in total. The molecular weight excluding hydrogens is 280 g/mol. The summed E-state index contributed by atoms with van der Waals surface area (Å²) < 4.78 is 2.10. The summed E-state index contributed by atoms with van der Waals surface area (Å²) in [5, 5.41) is 6.10. The lowest BCUT2D eigenvalue weighted by molar-refractivity contribution is 0.715. The van der Waals surface area contributed by atoms with Gasteiger partial charge in [-0.05, 0) is 18.6 Å². The minimum absolute atomic E-state index is 0.785. The number of para-hydroxylation sites is 1. The van der Waals surface area contributed by atoms with E-state index in [1.807, 2.05) is 6.07 Å². The first-order valence-electron chi connectivity index (χ1n) is 7.88. The summed E-state index contributed by atoms with van der Waals surface area (Å²) >= 11 is 0. The van der Waals surface area contributed by atoms with Gasteiger partial charge in [-0.3, -0.25) is 4.68 Å². The van der Waals surface area contributed by atoms with Crippen LogP contribution in [-0.4, -0.2) is 9.78 Å². The van der Waals surface area contributed by atoms with E-state index in [1.54, 1.807) is 0 Å². The summed E-state index contributed by atoms with van der Waals surface area (Å²) in [5.41, 5.74) is 5.92. The Labute approximate surface area is 136 Å². The predicted octanol–water partition coefficient (Wildman–Crippen LogP) is 5.06. The number of nitrogens with zero attached hydrogens (tertiary/aromatic N) is 2. The molecule has 0 radical (unpaired) electrons. The van der Waals surface area contributed by atoms with E-state index in [4.69, 9.17) is 5.10 Å². The molecule has 4 rings (SSSR count). The fraction of sp³-hybridized carbons (Fsp3) is 0.0952. The Morgan fingerprint density at radius 2 is 1.48 bits per heavy atom. The van der Waals surface area contributed by atoms with Gasteiger partial charge in [-0.2, -0.15) is 5.10 Å². The lowest BCUT2D eigenvalue weighted by Gasteiger charge is -2.03. The highest BCUT2D eigenvalue weighted by atomic mass is 15.3. The Balaban J connectivity index is 1.84. The largest absolute Gasteiger partial charge is 0.260 e. The van der Waals surface area contributed by atoms with E-state index >= 15 is 0 Å². The van der Waals surface area contributed by atoms with Crippen molar-refractivity contribution in [2.45, 2.75) is 13.5 Å². The first-order valence-corrected chi connectivity index (χ1v) is 7.88. The Hall–Kier alpha value is -2.87. The Bertz CT molecular complexity index is 935. The Kier molecular flexibility index (Phi) is 3.43. The molecule has 0 aliphatic heterocycles. The minimum Gasteiger partial charge on any atom is -0.260 e. The van der Waals surface area contributed by atoms with Crippen LogP contribution in [0.1, 0.15) is 11.1 Å². The van der Waals surface area contributed by atoms with Crippen LogP contribution in [0.5, 0.6) is 0 Å². The van der Waals surface area contributed by atoms with Gasteiger partial charge in [-0.1, -0.05) is 78.4 Å². The van der Waals surface area contributed by atoms with Gasteiger partial charge in [0.05, 0.1) is 12.1 Å². The molecule has 2 heteroatoms. The molecule has 23 heavy (non-hydrogen) atoms. The maximum absolute atomic E-state index is 4.90. The highest BCUT2D eigenvalue weighted by molar-refractivity contribution is 5.93. The molecule has 4 aromatic rings. The van der Waals surface area contributed by atoms with Crippen molar-refractivity contribution in [3.8, 4) is 11.3 Å². The molecule has 0 fully saturated rings. The van der Waals surface area contributed by atoms with Crippen molar-refractivity contribution >= 4 is 10.9 Å². The average Bonchev–Trinajstić information content (AvgIpc) is 2.95. The number of aryl methyl sites for hydroxylation is 1. The predicted molar refractivity (Wildman–Crippen MR) is 95.5 cm³/mol. The summed E-state index contributed by atoms with van der Waals surface area (Å²) in [4.78, 5) is 0. The van der Waals surface area contributed by atoms with Crippen LogP contribution < -0.4 is 0 Å². The number of benzene rings is 3. The van der Waals surface area contributed by atoms with E-state index in [9.17, 15) is 0 Å². The lowest BCUT2D eigenvalue weighted by Crippen LogP contribution is -2.01. The van der Waals surface area contributed by atoms with Crippen LogP contribution in [0.25, 0.3) is 22.2 Å². The quantitative estimate of drug-likeness (QED) is 0.517. The lowest BCUT2D eigenvalue weighted by atomic mass is 10.1. The third kappa shape index (κ3) is 2.64. The van der Waals surface area contributed by atoms with Crippen molar-refractivity contribution in [1.82, 2.24) is 9.78 Å². The van der Waals surface area contributed by atoms with Crippen molar-refractivity contribution in [3.05, 3.63) is 90.0 Å². The van der Waals surface area contributed by atoms with Gasteiger partial charge in [-0.25, -0.2) is 0 Å². The number of rotatable bonds is 3. The summed E-state index contributed by atoms with van der Waals surface area (Å²) in [6.07, 6.45) is 0. The molecular formula is C21H18N2. The highest BCUT2D eigenvalue weighted by Gasteiger charge is 2.11. The molecule has 0 unspecified atom stereocenters. The number of hydrogen-bond donors (Lipinski definition) is 0. The standard InChI is InChI=1S/C21H18N2/c1-16-11-13-18(14-12-16)21-19-9-5-6-10-20(19)23(22-21)15-17-7-3-2-4-8-17/h2-14H,15H2,1H3. The molecule has 0 amide bonds. The maximum Gasteiger partial charge on any atom is 0.100 e. The van der Waals surface area contributed by atoms with Crippen LogP contribution in [0.3, 0.4) is 0 Å². The Morgan fingerprint density at radius 1 is 0.783 bits per heavy atom. The summed E-state index contributed by atoms with van der Waals surface area (Å²) in [6, 6.07) is 27.5. The van der Waals surface area contributed by atoms with E-state index in [2.05, 4.69) is 84.4 Å². The smallest absolute Gasteiger partial charge is 0.100 e.